The Kier molecular flexibility index (Phi) is 4.66. The molecule has 0 bridgehead atoms. The lowest BCUT2D eigenvalue weighted by Gasteiger charge is -2.28. The van der Waals surface area contributed by atoms with Crippen LogP contribution in [0.3, 0.4) is 0 Å². The molecule has 6 heteroatoms. The topological polar surface area (TPSA) is 29.0 Å². The van der Waals surface area contributed by atoms with Gasteiger partial charge in [-0.25, -0.2) is 9.97 Å². The summed E-state index contributed by atoms with van der Waals surface area (Å²) in [6, 6.07) is 13.3. The van der Waals surface area contributed by atoms with Gasteiger partial charge in [-0.05, 0) is 52.9 Å². The summed E-state index contributed by atoms with van der Waals surface area (Å²) in [7, 11) is 0. The van der Waals surface area contributed by atoms with Crippen molar-refractivity contribution in [2.75, 3.05) is 6.54 Å². The maximum Gasteiger partial charge on any atom is 0.416 e. The Morgan fingerprint density at radius 2 is 1.59 bits per heavy atom. The molecular formula is C21H18F3N3. The van der Waals surface area contributed by atoms with Crippen LogP contribution in [0.4, 0.5) is 13.2 Å². The van der Waals surface area contributed by atoms with Crippen molar-refractivity contribution in [2.24, 2.45) is 0 Å². The van der Waals surface area contributed by atoms with Gasteiger partial charge in [0, 0.05) is 25.5 Å². The SMILES string of the molecule is FC(F)(F)c1ccc(-c2ccc3c(c2)CN(Cc2ncccn2)CC3)cc1. The third-order valence-corrected chi connectivity index (χ3v) is 4.83. The normalized spacial score (nSPS) is 14.8. The van der Waals surface area contributed by atoms with Gasteiger partial charge in [-0.1, -0.05) is 24.3 Å². The minimum Gasteiger partial charge on any atom is -0.291 e. The average molecular weight is 369 g/mol. The highest BCUT2D eigenvalue weighted by molar-refractivity contribution is 5.65. The number of aromatic nitrogens is 2. The van der Waals surface area contributed by atoms with Crippen LogP contribution >= 0.6 is 0 Å². The van der Waals surface area contributed by atoms with E-state index < -0.39 is 11.7 Å². The average Bonchev–Trinajstić information content (AvgIpc) is 2.68. The molecule has 3 aromatic rings. The fourth-order valence-corrected chi connectivity index (χ4v) is 3.39. The van der Waals surface area contributed by atoms with Crippen LogP contribution in [-0.2, 0) is 25.7 Å². The first-order valence-electron chi connectivity index (χ1n) is 8.77. The number of fused-ring (bicyclic) bond motifs is 1. The van der Waals surface area contributed by atoms with Crippen LogP contribution in [0.2, 0.25) is 0 Å². The lowest BCUT2D eigenvalue weighted by molar-refractivity contribution is -0.137. The van der Waals surface area contributed by atoms with Gasteiger partial charge >= 0.3 is 6.18 Å². The van der Waals surface area contributed by atoms with Crippen molar-refractivity contribution in [1.29, 1.82) is 0 Å². The van der Waals surface area contributed by atoms with Gasteiger partial charge in [0.05, 0.1) is 12.1 Å². The molecule has 0 amide bonds. The highest BCUT2D eigenvalue weighted by Gasteiger charge is 2.30. The molecule has 4 rings (SSSR count). The Bertz CT molecular complexity index is 922. The van der Waals surface area contributed by atoms with Gasteiger partial charge in [0.2, 0.25) is 0 Å². The predicted octanol–water partition coefficient (Wildman–Crippen LogP) is 4.72. The lowest BCUT2D eigenvalue weighted by atomic mass is 9.94. The molecule has 0 atom stereocenters. The maximum atomic E-state index is 12.8. The second-order valence-electron chi connectivity index (χ2n) is 6.68. The standard InChI is InChI=1S/C21H18F3N3/c22-21(23,24)19-6-4-15(5-7-19)17-3-2-16-8-11-27(13-18(16)12-17)14-20-25-9-1-10-26-20/h1-7,9-10,12H,8,11,13-14H2. The number of alkyl halides is 3. The zero-order valence-corrected chi connectivity index (χ0v) is 14.6. The maximum absolute atomic E-state index is 12.8. The van der Waals surface area contributed by atoms with Crippen molar-refractivity contribution in [3.8, 4) is 11.1 Å². The number of benzene rings is 2. The zero-order valence-electron chi connectivity index (χ0n) is 14.6. The van der Waals surface area contributed by atoms with E-state index in [4.69, 9.17) is 0 Å². The molecule has 0 spiro atoms. The van der Waals surface area contributed by atoms with Gasteiger partial charge in [0.15, 0.2) is 0 Å². The molecule has 0 saturated carbocycles. The molecule has 2 aromatic carbocycles. The van der Waals surface area contributed by atoms with Gasteiger partial charge in [-0.2, -0.15) is 13.2 Å². The first kappa shape index (κ1) is 17.7. The molecule has 0 N–H and O–H groups in total. The van der Waals surface area contributed by atoms with Crippen LogP contribution in [0.15, 0.2) is 60.9 Å². The molecule has 2 heterocycles. The van der Waals surface area contributed by atoms with Crippen molar-refractivity contribution < 1.29 is 13.2 Å². The summed E-state index contributed by atoms with van der Waals surface area (Å²) < 4.78 is 38.3. The van der Waals surface area contributed by atoms with Crippen LogP contribution in [0.1, 0.15) is 22.5 Å². The van der Waals surface area contributed by atoms with Crippen LogP contribution in [0.5, 0.6) is 0 Å². The van der Waals surface area contributed by atoms with Crippen LogP contribution in [-0.4, -0.2) is 21.4 Å². The summed E-state index contributed by atoms with van der Waals surface area (Å²) >= 11 is 0. The summed E-state index contributed by atoms with van der Waals surface area (Å²) in [5, 5.41) is 0. The second-order valence-corrected chi connectivity index (χ2v) is 6.68. The molecule has 0 fully saturated rings. The third kappa shape index (κ3) is 4.01. The molecule has 1 aliphatic rings. The van der Waals surface area contributed by atoms with Gasteiger partial charge in [-0.3, -0.25) is 4.90 Å². The van der Waals surface area contributed by atoms with Crippen LogP contribution < -0.4 is 0 Å². The Hall–Kier alpha value is -2.73. The lowest BCUT2D eigenvalue weighted by Crippen LogP contribution is -2.30. The van der Waals surface area contributed by atoms with Crippen molar-refractivity contribution in [2.45, 2.75) is 25.7 Å². The summed E-state index contributed by atoms with van der Waals surface area (Å²) in [4.78, 5) is 10.8. The fraction of sp³-hybridized carbons (Fsp3) is 0.238. The van der Waals surface area contributed by atoms with E-state index in [1.54, 1.807) is 18.5 Å². The smallest absolute Gasteiger partial charge is 0.291 e. The Morgan fingerprint density at radius 1 is 0.889 bits per heavy atom. The predicted molar refractivity (Wildman–Crippen MR) is 96.7 cm³/mol. The van der Waals surface area contributed by atoms with Gasteiger partial charge < -0.3 is 0 Å². The molecule has 138 valence electrons. The van der Waals surface area contributed by atoms with E-state index in [0.717, 1.165) is 48.6 Å². The van der Waals surface area contributed by atoms with E-state index in [9.17, 15) is 13.2 Å². The molecule has 0 saturated heterocycles. The summed E-state index contributed by atoms with van der Waals surface area (Å²) in [6.45, 7) is 2.40. The summed E-state index contributed by atoms with van der Waals surface area (Å²) in [6.07, 6.45) is 0.107. The first-order valence-corrected chi connectivity index (χ1v) is 8.77. The highest BCUT2D eigenvalue weighted by atomic mass is 19.4. The second kappa shape index (κ2) is 7.12. The van der Waals surface area contributed by atoms with Crippen molar-refractivity contribution >= 4 is 0 Å². The molecule has 0 radical (unpaired) electrons. The Labute approximate surface area is 155 Å². The van der Waals surface area contributed by atoms with E-state index >= 15 is 0 Å². The number of hydrogen-bond donors (Lipinski definition) is 0. The van der Waals surface area contributed by atoms with Gasteiger partial charge in [0.25, 0.3) is 0 Å². The van der Waals surface area contributed by atoms with E-state index in [-0.39, 0.29) is 0 Å². The minimum atomic E-state index is -4.31. The quantitative estimate of drug-likeness (QED) is 0.669. The van der Waals surface area contributed by atoms with E-state index in [2.05, 4.69) is 27.0 Å². The number of nitrogens with zero attached hydrogens (tertiary/aromatic N) is 3. The van der Waals surface area contributed by atoms with Gasteiger partial charge in [0.1, 0.15) is 5.82 Å². The van der Waals surface area contributed by atoms with Crippen LogP contribution in [0.25, 0.3) is 11.1 Å². The highest BCUT2D eigenvalue weighted by Crippen LogP contribution is 2.32. The summed E-state index contributed by atoms with van der Waals surface area (Å²) in [5.74, 6) is 0.792. The summed E-state index contributed by atoms with van der Waals surface area (Å²) in [5.41, 5.74) is 3.58. The third-order valence-electron chi connectivity index (χ3n) is 4.83. The molecular weight excluding hydrogens is 351 g/mol. The largest absolute Gasteiger partial charge is 0.416 e. The van der Waals surface area contributed by atoms with E-state index in [0.29, 0.717) is 6.54 Å². The van der Waals surface area contributed by atoms with E-state index in [1.807, 2.05) is 6.07 Å². The number of halogens is 3. The zero-order chi connectivity index (χ0) is 18.9. The molecule has 1 aliphatic heterocycles. The van der Waals surface area contributed by atoms with Crippen molar-refractivity contribution in [3.63, 3.8) is 0 Å². The Balaban J connectivity index is 1.54. The van der Waals surface area contributed by atoms with E-state index in [1.165, 1.54) is 23.3 Å². The first-order chi connectivity index (χ1) is 13.0. The van der Waals surface area contributed by atoms with Crippen molar-refractivity contribution in [1.82, 2.24) is 14.9 Å². The molecule has 0 aliphatic carbocycles. The van der Waals surface area contributed by atoms with Crippen LogP contribution in [0, 0.1) is 0 Å². The Morgan fingerprint density at radius 3 is 2.30 bits per heavy atom. The molecule has 0 unspecified atom stereocenters. The van der Waals surface area contributed by atoms with Crippen molar-refractivity contribution in [3.05, 3.63) is 83.4 Å². The monoisotopic (exact) mass is 369 g/mol. The molecule has 3 nitrogen and oxygen atoms in total. The minimum absolute atomic E-state index is 0.627. The fourth-order valence-electron chi connectivity index (χ4n) is 3.39. The molecule has 1 aromatic heterocycles. The number of rotatable bonds is 3. The number of hydrogen-bond acceptors (Lipinski definition) is 3. The van der Waals surface area contributed by atoms with Gasteiger partial charge in [-0.15, -0.1) is 0 Å². The molecule has 27 heavy (non-hydrogen) atoms.